The van der Waals surface area contributed by atoms with Crippen LogP contribution in [0.3, 0.4) is 0 Å². The number of ether oxygens (including phenoxy) is 2. The van der Waals surface area contributed by atoms with Gasteiger partial charge in [0.2, 0.25) is 0 Å². The number of anilines is 2. The lowest BCUT2D eigenvalue weighted by molar-refractivity contribution is 0.188. The Labute approximate surface area is 251 Å². The maximum absolute atomic E-state index is 17.0. The highest BCUT2D eigenvalue weighted by Gasteiger charge is 2.44. The van der Waals surface area contributed by atoms with Crippen molar-refractivity contribution in [1.82, 2.24) is 20.2 Å². The van der Waals surface area contributed by atoms with Crippen molar-refractivity contribution in [3.8, 4) is 29.0 Å². The summed E-state index contributed by atoms with van der Waals surface area (Å²) < 4.78 is 30.4. The van der Waals surface area contributed by atoms with Crippen LogP contribution in [-0.2, 0) is 0 Å². The number of hydrogen-bond donors (Lipinski definition) is 2. The third-order valence-electron chi connectivity index (χ3n) is 9.37. The van der Waals surface area contributed by atoms with Gasteiger partial charge in [-0.15, -0.1) is 11.3 Å². The number of nitriles is 1. The van der Waals surface area contributed by atoms with Crippen molar-refractivity contribution in [2.24, 2.45) is 0 Å². The van der Waals surface area contributed by atoms with Gasteiger partial charge in [-0.25, -0.2) is 4.39 Å². The number of aromatic nitrogens is 2. The Morgan fingerprint density at radius 1 is 1.29 bits per heavy atom. The number of nitrogens with two attached hydrogens (primary N) is 1. The molecule has 8 rings (SSSR count). The van der Waals surface area contributed by atoms with Crippen molar-refractivity contribution in [3.05, 3.63) is 34.6 Å². The fourth-order valence-corrected chi connectivity index (χ4v) is 8.51. The zero-order valence-corrected chi connectivity index (χ0v) is 24.6. The van der Waals surface area contributed by atoms with E-state index in [0.29, 0.717) is 57.7 Å². The second-order valence-corrected chi connectivity index (χ2v) is 13.1. The molecule has 0 unspecified atom stereocenters. The summed E-state index contributed by atoms with van der Waals surface area (Å²) in [5.74, 6) is 0.337. The molecule has 4 aliphatic heterocycles. The maximum atomic E-state index is 17.0. The van der Waals surface area contributed by atoms with E-state index in [-0.39, 0.29) is 40.2 Å². The number of thiophene rings is 1. The molecule has 4 aliphatic rings. The second-order valence-electron chi connectivity index (χ2n) is 11.7. The van der Waals surface area contributed by atoms with Crippen LogP contribution in [0.5, 0.6) is 11.8 Å². The smallest absolute Gasteiger partial charge is 0.319 e. The van der Waals surface area contributed by atoms with E-state index in [9.17, 15) is 5.26 Å². The van der Waals surface area contributed by atoms with Crippen LogP contribution in [0.1, 0.15) is 31.2 Å². The number of nitrogen functional groups attached to an aromatic ring is 1. The summed E-state index contributed by atoms with van der Waals surface area (Å²) in [6.07, 6.45) is 4.24. The minimum absolute atomic E-state index is 0.00376. The topological polar surface area (TPSA) is 113 Å². The van der Waals surface area contributed by atoms with Gasteiger partial charge < -0.3 is 30.3 Å². The fourth-order valence-electron chi connectivity index (χ4n) is 7.23. The summed E-state index contributed by atoms with van der Waals surface area (Å²) >= 11 is 8.38. The van der Waals surface area contributed by atoms with Gasteiger partial charge in [0.1, 0.15) is 35.6 Å². The summed E-state index contributed by atoms with van der Waals surface area (Å²) in [5.41, 5.74) is 7.19. The van der Waals surface area contributed by atoms with E-state index in [2.05, 4.69) is 33.2 Å². The lowest BCUT2D eigenvalue weighted by atomic mass is 9.96. The molecule has 6 heterocycles. The van der Waals surface area contributed by atoms with E-state index < -0.39 is 5.82 Å². The molecule has 0 radical (unpaired) electrons. The summed E-state index contributed by atoms with van der Waals surface area (Å²) in [5, 5.41) is 15.2. The Morgan fingerprint density at radius 3 is 2.98 bits per heavy atom. The molecule has 0 spiro atoms. The van der Waals surface area contributed by atoms with E-state index in [1.807, 2.05) is 12.1 Å². The summed E-state index contributed by atoms with van der Waals surface area (Å²) in [4.78, 5) is 14.1. The van der Waals surface area contributed by atoms with Gasteiger partial charge in [-0.2, -0.15) is 15.2 Å². The maximum Gasteiger partial charge on any atom is 0.319 e. The Bertz CT molecular complexity index is 1810. The van der Waals surface area contributed by atoms with E-state index >= 15 is 4.39 Å². The summed E-state index contributed by atoms with van der Waals surface area (Å²) in [6.45, 7) is 2.52. The number of likely N-dealkylation sites (tertiary alicyclic amines) is 1. The highest BCUT2D eigenvalue weighted by Crippen LogP contribution is 2.51. The first-order valence-corrected chi connectivity index (χ1v) is 15.5. The van der Waals surface area contributed by atoms with Crippen molar-refractivity contribution in [3.63, 3.8) is 0 Å². The van der Waals surface area contributed by atoms with Gasteiger partial charge >= 0.3 is 6.01 Å². The molecule has 0 aliphatic carbocycles. The SMILES string of the molecule is CN1CCC[C@@H]1COc1nc2c3c(c(Cl)c(-c4cccc5sc(N)c(C#N)c45)c(F)c3n1)OC[C@@H]1[C@@H]3CC[C@H](CN21)N3. The number of nitrogens with one attached hydrogen (secondary N) is 1. The summed E-state index contributed by atoms with van der Waals surface area (Å²) in [7, 11) is 2.09. The van der Waals surface area contributed by atoms with Gasteiger partial charge in [-0.05, 0) is 50.9 Å². The van der Waals surface area contributed by atoms with E-state index in [1.165, 1.54) is 11.3 Å². The lowest BCUT2D eigenvalue weighted by Gasteiger charge is -2.40. The fraction of sp³-hybridized carbons (Fsp3) is 0.433. The molecule has 3 N–H and O–H groups in total. The normalized spacial score (nSPS) is 25.0. The molecule has 4 aromatic rings. The van der Waals surface area contributed by atoms with E-state index in [4.69, 9.17) is 31.8 Å². The Balaban J connectivity index is 1.36. The van der Waals surface area contributed by atoms with Crippen LogP contribution >= 0.6 is 22.9 Å². The molecule has 2 aromatic heterocycles. The second kappa shape index (κ2) is 9.81. The standard InChI is InChI=1S/C30H29ClFN7O2S/c1-38-9-3-4-15(38)12-41-30-36-26-23-27(40-13-19-18-8-7-14(35-18)11-39(19)29(23)37-30)24(31)22(25(26)32)16-5-2-6-20-21(16)17(10-33)28(34)42-20/h2,5-6,14-15,18-19,35H,3-4,7-9,11-13,34H2,1H3/t14-,15-,18+,19-/m1/s1. The first-order chi connectivity index (χ1) is 20.4. The van der Waals surface area contributed by atoms with Crippen LogP contribution < -0.4 is 25.4 Å². The molecule has 2 aromatic carbocycles. The van der Waals surface area contributed by atoms with Gasteiger partial charge in [0.15, 0.2) is 11.6 Å². The number of fused-ring (bicyclic) bond motifs is 6. The van der Waals surface area contributed by atoms with E-state index in [0.717, 1.165) is 43.5 Å². The third-order valence-corrected chi connectivity index (χ3v) is 10.7. The Morgan fingerprint density at radius 2 is 2.17 bits per heavy atom. The molecule has 12 heteroatoms. The van der Waals surface area contributed by atoms with Crippen LogP contribution in [-0.4, -0.2) is 72.4 Å². The molecule has 42 heavy (non-hydrogen) atoms. The minimum atomic E-state index is -0.605. The number of benzene rings is 2. The Hall–Kier alpha value is -3.43. The molecule has 4 atom stereocenters. The molecule has 3 fully saturated rings. The number of nitrogens with zero attached hydrogens (tertiary/aromatic N) is 5. The Kier molecular flexibility index (Phi) is 6.12. The summed E-state index contributed by atoms with van der Waals surface area (Å²) in [6, 6.07) is 8.56. The third kappa shape index (κ3) is 3.85. The molecule has 3 saturated heterocycles. The van der Waals surface area contributed by atoms with E-state index in [1.54, 1.807) is 6.07 Å². The van der Waals surface area contributed by atoms with Gasteiger partial charge in [-0.3, -0.25) is 0 Å². The predicted octanol–water partition coefficient (Wildman–Crippen LogP) is 4.93. The number of hydrogen-bond acceptors (Lipinski definition) is 10. The minimum Gasteiger partial charge on any atom is -0.489 e. The van der Waals surface area contributed by atoms with Crippen LogP contribution in [0.15, 0.2) is 18.2 Å². The van der Waals surface area contributed by atoms with Gasteiger partial charge in [0.25, 0.3) is 0 Å². The highest BCUT2D eigenvalue weighted by atomic mass is 35.5. The van der Waals surface area contributed by atoms with Crippen molar-refractivity contribution in [1.29, 1.82) is 5.26 Å². The van der Waals surface area contributed by atoms with Crippen LogP contribution in [0.2, 0.25) is 5.02 Å². The number of likely N-dealkylation sites (N-methyl/N-ethyl adjacent to an activating group) is 1. The first-order valence-electron chi connectivity index (χ1n) is 14.4. The quantitative estimate of drug-likeness (QED) is 0.334. The van der Waals surface area contributed by atoms with Crippen LogP contribution in [0.4, 0.5) is 15.2 Å². The number of rotatable bonds is 4. The molecule has 9 nitrogen and oxygen atoms in total. The van der Waals surface area contributed by atoms with Gasteiger partial charge in [0, 0.05) is 40.3 Å². The zero-order valence-electron chi connectivity index (χ0n) is 23.0. The number of piperazine rings is 1. The largest absolute Gasteiger partial charge is 0.489 e. The molecule has 2 bridgehead atoms. The molecule has 0 saturated carbocycles. The van der Waals surface area contributed by atoms with Gasteiger partial charge in [0.05, 0.1) is 22.0 Å². The monoisotopic (exact) mass is 605 g/mol. The predicted molar refractivity (Wildman–Crippen MR) is 162 cm³/mol. The van der Waals surface area contributed by atoms with Crippen molar-refractivity contribution >= 4 is 54.7 Å². The van der Waals surface area contributed by atoms with Crippen molar-refractivity contribution < 1.29 is 13.9 Å². The molecular weight excluding hydrogens is 577 g/mol. The van der Waals surface area contributed by atoms with Crippen molar-refractivity contribution in [2.45, 2.75) is 49.9 Å². The molecule has 0 amide bonds. The average molecular weight is 606 g/mol. The lowest BCUT2D eigenvalue weighted by Crippen LogP contribution is -2.60. The van der Waals surface area contributed by atoms with Crippen LogP contribution in [0, 0.1) is 17.1 Å². The first kappa shape index (κ1) is 26.2. The molecule has 216 valence electrons. The molecular formula is C30H29ClFN7O2S. The highest BCUT2D eigenvalue weighted by molar-refractivity contribution is 7.23. The zero-order chi connectivity index (χ0) is 28.7. The average Bonchev–Trinajstić information content (AvgIpc) is 3.64. The number of halogens is 2. The van der Waals surface area contributed by atoms with Gasteiger partial charge in [-0.1, -0.05) is 23.7 Å². The van der Waals surface area contributed by atoms with Crippen LogP contribution in [0.25, 0.3) is 32.1 Å². The van der Waals surface area contributed by atoms with Crippen molar-refractivity contribution in [2.75, 3.05) is 44.0 Å².